The molecule has 0 saturated carbocycles. The number of anilines is 1. The Balaban J connectivity index is 2.13. The second-order valence-corrected chi connectivity index (χ2v) is 5.24. The molecule has 0 spiro atoms. The SMILES string of the molecule is CCCOC(=O)c1cccc(NC(=O)c2cccc(C(=O)OC)c2)c1. The van der Waals surface area contributed by atoms with Gasteiger partial charge >= 0.3 is 11.9 Å². The van der Waals surface area contributed by atoms with Gasteiger partial charge < -0.3 is 14.8 Å². The van der Waals surface area contributed by atoms with Crippen LogP contribution in [0, 0.1) is 0 Å². The molecule has 0 atom stereocenters. The second-order valence-electron chi connectivity index (χ2n) is 5.24. The zero-order valence-corrected chi connectivity index (χ0v) is 14.1. The van der Waals surface area contributed by atoms with Gasteiger partial charge in [-0.25, -0.2) is 9.59 Å². The first kappa shape index (κ1) is 18.2. The van der Waals surface area contributed by atoms with Gasteiger partial charge in [-0.2, -0.15) is 0 Å². The normalized spacial score (nSPS) is 10.0. The molecule has 0 heterocycles. The minimum atomic E-state index is -0.518. The standard InChI is InChI=1S/C19H19NO5/c1-3-10-25-19(23)15-8-5-9-16(12-15)20-17(21)13-6-4-7-14(11-13)18(22)24-2/h4-9,11-12H,3,10H2,1-2H3,(H,20,21). The van der Waals surface area contributed by atoms with E-state index in [4.69, 9.17) is 4.74 Å². The molecule has 0 saturated heterocycles. The third kappa shape index (κ3) is 4.91. The van der Waals surface area contributed by atoms with Crippen LogP contribution in [0.1, 0.15) is 44.4 Å². The van der Waals surface area contributed by atoms with Crippen molar-refractivity contribution in [2.45, 2.75) is 13.3 Å². The summed E-state index contributed by atoms with van der Waals surface area (Å²) in [5.41, 5.74) is 1.41. The van der Waals surface area contributed by atoms with Crippen LogP contribution in [0.4, 0.5) is 5.69 Å². The Morgan fingerprint density at radius 1 is 0.920 bits per heavy atom. The first-order valence-corrected chi connectivity index (χ1v) is 7.82. The fourth-order valence-corrected chi connectivity index (χ4v) is 2.11. The van der Waals surface area contributed by atoms with E-state index in [2.05, 4.69) is 10.1 Å². The van der Waals surface area contributed by atoms with Crippen LogP contribution in [0.3, 0.4) is 0 Å². The highest BCUT2D eigenvalue weighted by Crippen LogP contribution is 2.14. The van der Waals surface area contributed by atoms with Gasteiger partial charge in [0.1, 0.15) is 0 Å². The lowest BCUT2D eigenvalue weighted by Crippen LogP contribution is -2.14. The van der Waals surface area contributed by atoms with Crippen LogP contribution in [-0.4, -0.2) is 31.6 Å². The van der Waals surface area contributed by atoms with E-state index in [-0.39, 0.29) is 5.56 Å². The molecule has 1 N–H and O–H groups in total. The summed E-state index contributed by atoms with van der Waals surface area (Å²) in [7, 11) is 1.28. The van der Waals surface area contributed by atoms with Crippen molar-refractivity contribution in [2.24, 2.45) is 0 Å². The molecule has 0 aliphatic carbocycles. The van der Waals surface area contributed by atoms with Crippen molar-refractivity contribution in [1.82, 2.24) is 0 Å². The molecular formula is C19H19NO5. The number of carbonyl (C=O) groups is 3. The van der Waals surface area contributed by atoms with E-state index in [1.165, 1.54) is 13.2 Å². The summed E-state index contributed by atoms with van der Waals surface area (Å²) < 4.78 is 9.71. The third-order valence-corrected chi connectivity index (χ3v) is 3.34. The molecule has 2 aromatic rings. The van der Waals surface area contributed by atoms with Crippen molar-refractivity contribution in [3.63, 3.8) is 0 Å². The van der Waals surface area contributed by atoms with Gasteiger partial charge in [-0.15, -0.1) is 0 Å². The molecule has 0 aliphatic heterocycles. The summed E-state index contributed by atoms with van der Waals surface area (Å²) in [5, 5.41) is 2.69. The van der Waals surface area contributed by atoms with E-state index >= 15 is 0 Å². The summed E-state index contributed by atoms with van der Waals surface area (Å²) in [6.45, 7) is 2.25. The van der Waals surface area contributed by atoms with Crippen LogP contribution < -0.4 is 5.32 Å². The highest BCUT2D eigenvalue weighted by molar-refractivity contribution is 6.06. The fourth-order valence-electron chi connectivity index (χ4n) is 2.11. The zero-order chi connectivity index (χ0) is 18.2. The minimum absolute atomic E-state index is 0.284. The Morgan fingerprint density at radius 2 is 1.56 bits per heavy atom. The Hall–Kier alpha value is -3.15. The topological polar surface area (TPSA) is 81.7 Å². The maximum absolute atomic E-state index is 12.4. The van der Waals surface area contributed by atoms with Gasteiger partial charge in [0.05, 0.1) is 24.8 Å². The van der Waals surface area contributed by atoms with Crippen molar-refractivity contribution in [3.05, 3.63) is 65.2 Å². The first-order valence-electron chi connectivity index (χ1n) is 7.82. The van der Waals surface area contributed by atoms with Gasteiger partial charge in [0.15, 0.2) is 0 Å². The van der Waals surface area contributed by atoms with Crippen LogP contribution in [0.2, 0.25) is 0 Å². The van der Waals surface area contributed by atoms with Gasteiger partial charge in [-0.05, 0) is 42.8 Å². The smallest absolute Gasteiger partial charge is 0.338 e. The Morgan fingerprint density at radius 3 is 2.24 bits per heavy atom. The Labute approximate surface area is 145 Å². The lowest BCUT2D eigenvalue weighted by molar-refractivity contribution is 0.0504. The predicted octanol–water partition coefficient (Wildman–Crippen LogP) is 3.29. The summed E-state index contributed by atoms with van der Waals surface area (Å²) in [6.07, 6.45) is 0.735. The van der Waals surface area contributed by atoms with Crippen molar-refractivity contribution in [3.8, 4) is 0 Å². The maximum atomic E-state index is 12.4. The number of amides is 1. The van der Waals surface area contributed by atoms with E-state index in [1.54, 1.807) is 42.5 Å². The molecule has 25 heavy (non-hydrogen) atoms. The van der Waals surface area contributed by atoms with Gasteiger partial charge in [0.2, 0.25) is 0 Å². The van der Waals surface area contributed by atoms with E-state index < -0.39 is 17.8 Å². The molecule has 6 nitrogen and oxygen atoms in total. The van der Waals surface area contributed by atoms with Crippen LogP contribution in [0.15, 0.2) is 48.5 Å². The molecule has 2 aromatic carbocycles. The molecule has 0 radical (unpaired) electrons. The highest BCUT2D eigenvalue weighted by Gasteiger charge is 2.12. The second kappa shape index (κ2) is 8.63. The molecule has 0 fully saturated rings. The molecule has 2 rings (SSSR count). The third-order valence-electron chi connectivity index (χ3n) is 3.34. The lowest BCUT2D eigenvalue weighted by Gasteiger charge is -2.08. The maximum Gasteiger partial charge on any atom is 0.338 e. The highest BCUT2D eigenvalue weighted by atomic mass is 16.5. The monoisotopic (exact) mass is 341 g/mol. The van der Waals surface area contributed by atoms with Gasteiger partial charge in [0.25, 0.3) is 5.91 Å². The lowest BCUT2D eigenvalue weighted by atomic mass is 10.1. The Kier molecular flexibility index (Phi) is 6.28. The predicted molar refractivity (Wildman–Crippen MR) is 92.8 cm³/mol. The first-order chi connectivity index (χ1) is 12.0. The zero-order valence-electron chi connectivity index (χ0n) is 14.1. The molecule has 0 aliphatic rings. The number of benzene rings is 2. The number of rotatable bonds is 6. The van der Waals surface area contributed by atoms with Crippen LogP contribution in [0.25, 0.3) is 0 Å². The summed E-state index contributed by atoms with van der Waals surface area (Å²) >= 11 is 0. The molecular weight excluding hydrogens is 322 g/mol. The molecule has 1 amide bonds. The fraction of sp³-hybridized carbons (Fsp3) is 0.211. The van der Waals surface area contributed by atoms with Crippen LogP contribution in [0.5, 0.6) is 0 Å². The molecule has 130 valence electrons. The Bertz CT molecular complexity index is 785. The van der Waals surface area contributed by atoms with Crippen LogP contribution in [-0.2, 0) is 9.47 Å². The molecule has 0 aromatic heterocycles. The molecule has 6 heteroatoms. The van der Waals surface area contributed by atoms with E-state index in [0.717, 1.165) is 6.42 Å². The minimum Gasteiger partial charge on any atom is -0.465 e. The average Bonchev–Trinajstić information content (AvgIpc) is 2.65. The number of hydrogen-bond donors (Lipinski definition) is 1. The summed E-state index contributed by atoms with van der Waals surface area (Å²) in [6, 6.07) is 12.7. The quantitative estimate of drug-likeness (QED) is 0.815. The van der Waals surface area contributed by atoms with Crippen LogP contribution >= 0.6 is 0 Å². The van der Waals surface area contributed by atoms with E-state index in [9.17, 15) is 14.4 Å². The largest absolute Gasteiger partial charge is 0.465 e. The number of carbonyl (C=O) groups excluding carboxylic acids is 3. The van der Waals surface area contributed by atoms with Gasteiger partial charge in [-0.3, -0.25) is 4.79 Å². The summed E-state index contributed by atoms with van der Waals surface area (Å²) in [4.78, 5) is 35.8. The van der Waals surface area contributed by atoms with Crippen molar-refractivity contribution >= 4 is 23.5 Å². The summed E-state index contributed by atoms with van der Waals surface area (Å²) in [5.74, 6) is -1.36. The van der Waals surface area contributed by atoms with Gasteiger partial charge in [-0.1, -0.05) is 19.1 Å². The number of ether oxygens (including phenoxy) is 2. The average molecular weight is 341 g/mol. The van der Waals surface area contributed by atoms with Gasteiger partial charge in [0, 0.05) is 11.3 Å². The van der Waals surface area contributed by atoms with Crippen molar-refractivity contribution < 1.29 is 23.9 Å². The molecule has 0 unspecified atom stereocenters. The number of nitrogens with one attached hydrogen (secondary N) is 1. The number of methoxy groups -OCH3 is 1. The van der Waals surface area contributed by atoms with E-state index in [1.807, 2.05) is 6.92 Å². The molecule has 0 bridgehead atoms. The number of hydrogen-bond acceptors (Lipinski definition) is 5. The van der Waals surface area contributed by atoms with Crippen molar-refractivity contribution in [2.75, 3.05) is 19.0 Å². The van der Waals surface area contributed by atoms with E-state index in [0.29, 0.717) is 23.4 Å². The van der Waals surface area contributed by atoms with Crippen molar-refractivity contribution in [1.29, 1.82) is 0 Å². The number of esters is 2.